The summed E-state index contributed by atoms with van der Waals surface area (Å²) in [6.07, 6.45) is 0. The Hall–Kier alpha value is -2.01. The fourth-order valence-corrected chi connectivity index (χ4v) is 2.48. The molecule has 2 aromatic rings. The summed E-state index contributed by atoms with van der Waals surface area (Å²) in [7, 11) is 0. The highest BCUT2D eigenvalue weighted by atomic mass is 32.2. The number of rotatable bonds is 4. The van der Waals surface area contributed by atoms with E-state index in [1.807, 2.05) is 0 Å². The summed E-state index contributed by atoms with van der Waals surface area (Å²) in [5.74, 6) is -0.667. The normalized spacial score (nSPS) is 10.4. The van der Waals surface area contributed by atoms with Crippen molar-refractivity contribution in [3.8, 4) is 0 Å². The predicted molar refractivity (Wildman–Crippen MR) is 73.8 cm³/mol. The Morgan fingerprint density at radius 3 is 2.53 bits per heavy atom. The molecule has 0 heterocycles. The average molecular weight is 277 g/mol. The van der Waals surface area contributed by atoms with Crippen LogP contribution in [0.2, 0.25) is 0 Å². The highest BCUT2D eigenvalue weighted by Crippen LogP contribution is 2.28. The zero-order chi connectivity index (χ0) is 13.8. The van der Waals surface area contributed by atoms with Gasteiger partial charge in [0.1, 0.15) is 5.82 Å². The van der Waals surface area contributed by atoms with E-state index in [1.54, 1.807) is 24.3 Å². The maximum Gasteiger partial charge on any atom is 0.335 e. The van der Waals surface area contributed by atoms with Gasteiger partial charge in [-0.3, -0.25) is 0 Å². The molecule has 2 aromatic carbocycles. The maximum atomic E-state index is 13.1. The summed E-state index contributed by atoms with van der Waals surface area (Å²) >= 11 is 1.42. The van der Waals surface area contributed by atoms with Gasteiger partial charge in [-0.15, -0.1) is 11.8 Å². The van der Waals surface area contributed by atoms with Gasteiger partial charge in [-0.25, -0.2) is 9.18 Å². The number of thioether (sulfide) groups is 1. The lowest BCUT2D eigenvalue weighted by Crippen LogP contribution is -1.95. The summed E-state index contributed by atoms with van der Waals surface area (Å²) in [6, 6.07) is 10.8. The fraction of sp³-hybridized carbons (Fsp3) is 0.0714. The third-order valence-electron chi connectivity index (χ3n) is 2.57. The molecule has 0 bridgehead atoms. The van der Waals surface area contributed by atoms with Crippen LogP contribution >= 0.6 is 11.8 Å². The Morgan fingerprint density at radius 1 is 1.21 bits per heavy atom. The molecule has 19 heavy (non-hydrogen) atoms. The minimum atomic E-state index is -0.950. The van der Waals surface area contributed by atoms with Gasteiger partial charge in [-0.2, -0.15) is 0 Å². The van der Waals surface area contributed by atoms with Crippen molar-refractivity contribution in [2.75, 3.05) is 5.73 Å². The van der Waals surface area contributed by atoms with Crippen LogP contribution in [0.15, 0.2) is 47.4 Å². The molecule has 0 aromatic heterocycles. The second-order valence-corrected chi connectivity index (χ2v) is 4.99. The molecule has 0 aliphatic carbocycles. The second kappa shape index (κ2) is 5.75. The number of nitrogens with two attached hydrogens (primary N) is 1. The van der Waals surface area contributed by atoms with Gasteiger partial charge in [0.2, 0.25) is 0 Å². The lowest BCUT2D eigenvalue weighted by atomic mass is 10.1. The Kier molecular flexibility index (Phi) is 4.06. The number of aromatic carboxylic acids is 1. The van der Waals surface area contributed by atoms with Crippen molar-refractivity contribution in [3.63, 3.8) is 0 Å². The topological polar surface area (TPSA) is 63.3 Å². The van der Waals surface area contributed by atoms with Crippen molar-refractivity contribution < 1.29 is 14.3 Å². The smallest absolute Gasteiger partial charge is 0.335 e. The third kappa shape index (κ3) is 3.48. The van der Waals surface area contributed by atoms with Gasteiger partial charge >= 0.3 is 5.97 Å². The zero-order valence-electron chi connectivity index (χ0n) is 9.97. The van der Waals surface area contributed by atoms with Gasteiger partial charge in [0.05, 0.1) is 5.56 Å². The number of nitrogen functional groups attached to an aromatic ring is 1. The lowest BCUT2D eigenvalue weighted by molar-refractivity contribution is 0.0697. The van der Waals surface area contributed by atoms with Gasteiger partial charge in [-0.05, 0) is 35.9 Å². The van der Waals surface area contributed by atoms with Gasteiger partial charge in [0.25, 0.3) is 0 Å². The molecule has 0 unspecified atom stereocenters. The number of carbonyl (C=O) groups is 1. The first-order valence-corrected chi connectivity index (χ1v) is 6.55. The van der Waals surface area contributed by atoms with E-state index in [2.05, 4.69) is 0 Å². The molecule has 0 aliphatic heterocycles. The van der Waals surface area contributed by atoms with Gasteiger partial charge in [0.15, 0.2) is 0 Å². The van der Waals surface area contributed by atoms with E-state index < -0.39 is 5.97 Å². The van der Waals surface area contributed by atoms with Crippen molar-refractivity contribution >= 4 is 23.4 Å². The molecule has 0 amide bonds. The standard InChI is InChI=1S/C14H12FNO2S/c15-11-5-6-12(16)13(7-11)19-8-9-1-3-10(4-2-9)14(17)18/h1-7H,8,16H2,(H,17,18). The average Bonchev–Trinajstić information content (AvgIpc) is 2.40. The minimum absolute atomic E-state index is 0.249. The summed E-state index contributed by atoms with van der Waals surface area (Å²) in [5.41, 5.74) is 7.49. The van der Waals surface area contributed by atoms with Crippen molar-refractivity contribution in [2.24, 2.45) is 0 Å². The molecule has 0 atom stereocenters. The molecule has 0 saturated heterocycles. The van der Waals surface area contributed by atoms with Crippen molar-refractivity contribution in [1.82, 2.24) is 0 Å². The van der Waals surface area contributed by atoms with E-state index in [4.69, 9.17) is 10.8 Å². The minimum Gasteiger partial charge on any atom is -0.478 e. The van der Waals surface area contributed by atoms with Crippen LogP contribution in [0, 0.1) is 5.82 Å². The number of hydrogen-bond donors (Lipinski definition) is 2. The number of anilines is 1. The van der Waals surface area contributed by atoms with Crippen molar-refractivity contribution in [3.05, 3.63) is 59.4 Å². The van der Waals surface area contributed by atoms with Crippen molar-refractivity contribution in [2.45, 2.75) is 10.6 Å². The second-order valence-electron chi connectivity index (χ2n) is 3.97. The molecule has 3 N–H and O–H groups in total. The molecule has 0 aliphatic rings. The Morgan fingerprint density at radius 2 is 1.89 bits per heavy atom. The third-order valence-corrected chi connectivity index (χ3v) is 3.71. The van der Waals surface area contributed by atoms with Crippen LogP contribution in [0.3, 0.4) is 0 Å². The number of halogens is 1. The van der Waals surface area contributed by atoms with Crippen LogP contribution in [0.5, 0.6) is 0 Å². The first-order chi connectivity index (χ1) is 9.06. The first kappa shape index (κ1) is 13.4. The largest absolute Gasteiger partial charge is 0.478 e. The molecule has 3 nitrogen and oxygen atoms in total. The van der Waals surface area contributed by atoms with Gasteiger partial charge in [-0.1, -0.05) is 12.1 Å². The van der Waals surface area contributed by atoms with Gasteiger partial charge in [0, 0.05) is 16.3 Å². The molecule has 0 radical (unpaired) electrons. The van der Waals surface area contributed by atoms with E-state index in [1.165, 1.54) is 30.0 Å². The van der Waals surface area contributed by atoms with Crippen LogP contribution < -0.4 is 5.73 Å². The summed E-state index contributed by atoms with van der Waals surface area (Å²) in [6.45, 7) is 0. The highest BCUT2D eigenvalue weighted by molar-refractivity contribution is 7.98. The number of carboxylic acid groups (broad SMARTS) is 1. The zero-order valence-corrected chi connectivity index (χ0v) is 10.8. The highest BCUT2D eigenvalue weighted by Gasteiger charge is 2.04. The van der Waals surface area contributed by atoms with E-state index >= 15 is 0 Å². The van der Waals surface area contributed by atoms with Crippen LogP contribution in [0.25, 0.3) is 0 Å². The number of carboxylic acids is 1. The van der Waals surface area contributed by atoms with Crippen LogP contribution in [-0.4, -0.2) is 11.1 Å². The monoisotopic (exact) mass is 277 g/mol. The Balaban J connectivity index is 2.06. The molecule has 0 spiro atoms. The van der Waals surface area contributed by atoms with Gasteiger partial charge < -0.3 is 10.8 Å². The SMILES string of the molecule is Nc1ccc(F)cc1SCc1ccc(C(=O)O)cc1. The molecule has 0 fully saturated rings. The van der Waals surface area contributed by atoms with E-state index in [0.717, 1.165) is 5.56 Å². The van der Waals surface area contributed by atoms with E-state index in [-0.39, 0.29) is 11.4 Å². The molecule has 5 heteroatoms. The maximum absolute atomic E-state index is 13.1. The summed E-state index contributed by atoms with van der Waals surface area (Å²) < 4.78 is 13.1. The predicted octanol–water partition coefficient (Wildman–Crippen LogP) is 3.40. The van der Waals surface area contributed by atoms with E-state index in [9.17, 15) is 9.18 Å². The molecule has 0 saturated carbocycles. The van der Waals surface area contributed by atoms with Crippen LogP contribution in [0.4, 0.5) is 10.1 Å². The van der Waals surface area contributed by atoms with E-state index in [0.29, 0.717) is 16.3 Å². The number of benzene rings is 2. The van der Waals surface area contributed by atoms with Crippen LogP contribution in [-0.2, 0) is 5.75 Å². The van der Waals surface area contributed by atoms with Crippen molar-refractivity contribution in [1.29, 1.82) is 0 Å². The molecular formula is C14H12FNO2S. The molecular weight excluding hydrogens is 265 g/mol. The molecule has 2 rings (SSSR count). The Labute approximate surface area is 114 Å². The Bertz CT molecular complexity index is 599. The molecule has 98 valence electrons. The number of hydrogen-bond acceptors (Lipinski definition) is 3. The summed E-state index contributed by atoms with van der Waals surface area (Å²) in [5, 5.41) is 8.79. The lowest BCUT2D eigenvalue weighted by Gasteiger charge is -2.06. The fourth-order valence-electron chi connectivity index (χ4n) is 1.54. The quantitative estimate of drug-likeness (QED) is 0.664. The first-order valence-electron chi connectivity index (χ1n) is 5.56. The van der Waals surface area contributed by atoms with Crippen LogP contribution in [0.1, 0.15) is 15.9 Å². The summed E-state index contributed by atoms with van der Waals surface area (Å²) in [4.78, 5) is 11.4.